The summed E-state index contributed by atoms with van der Waals surface area (Å²) in [5, 5.41) is 9.04. The molecule has 2 aliphatic rings. The Morgan fingerprint density at radius 2 is 2.25 bits per heavy atom. The first kappa shape index (κ1) is 11.4. The summed E-state index contributed by atoms with van der Waals surface area (Å²) >= 11 is 0. The summed E-state index contributed by atoms with van der Waals surface area (Å²) in [7, 11) is 0. The van der Waals surface area contributed by atoms with E-state index in [1.165, 1.54) is 0 Å². The third kappa shape index (κ3) is 2.52. The predicted molar refractivity (Wildman–Crippen MR) is 59.8 cm³/mol. The van der Waals surface area contributed by atoms with Crippen molar-refractivity contribution in [2.75, 3.05) is 6.54 Å². The highest BCUT2D eigenvalue weighted by molar-refractivity contribution is 5.90. The van der Waals surface area contributed by atoms with E-state index in [1.54, 1.807) is 0 Å². The number of hydrogen-bond donors (Lipinski definition) is 3. The fourth-order valence-corrected chi connectivity index (χ4v) is 2.34. The van der Waals surface area contributed by atoms with Crippen LogP contribution in [0.3, 0.4) is 0 Å². The summed E-state index contributed by atoms with van der Waals surface area (Å²) in [5.41, 5.74) is 0. The second kappa shape index (κ2) is 4.82. The van der Waals surface area contributed by atoms with Gasteiger partial charge in [-0.2, -0.15) is 0 Å². The standard InChI is InChI=1S/C11H19N3O2/c1-7-8(3-2-6-12-7)14-11(16)9-4-5-10(15)13-9/h7-9,12H,2-6H2,1H3,(H,13,15)(H,14,16)/t7-,8-,9-/m0/s1. The van der Waals surface area contributed by atoms with Crippen LogP contribution in [0.25, 0.3) is 0 Å². The van der Waals surface area contributed by atoms with Gasteiger partial charge in [-0.1, -0.05) is 0 Å². The molecule has 5 heteroatoms. The quantitative estimate of drug-likeness (QED) is 0.594. The fraction of sp³-hybridized carbons (Fsp3) is 0.818. The zero-order valence-corrected chi connectivity index (χ0v) is 9.58. The van der Waals surface area contributed by atoms with Crippen LogP contribution in [-0.2, 0) is 9.59 Å². The predicted octanol–water partition coefficient (Wildman–Crippen LogP) is -0.478. The normalized spacial score (nSPS) is 34.6. The summed E-state index contributed by atoms with van der Waals surface area (Å²) in [6, 6.07) is 0.190. The van der Waals surface area contributed by atoms with E-state index in [0.29, 0.717) is 18.9 Å². The molecule has 2 fully saturated rings. The molecule has 2 heterocycles. The molecule has 0 aromatic rings. The third-order valence-electron chi connectivity index (χ3n) is 3.40. The molecule has 2 rings (SSSR count). The van der Waals surface area contributed by atoms with Gasteiger partial charge in [-0.3, -0.25) is 9.59 Å². The van der Waals surface area contributed by atoms with Crippen LogP contribution < -0.4 is 16.0 Å². The average Bonchev–Trinajstić information content (AvgIpc) is 2.68. The lowest BCUT2D eigenvalue weighted by molar-refractivity contribution is -0.126. The first-order valence-electron chi connectivity index (χ1n) is 6.00. The van der Waals surface area contributed by atoms with Crippen LogP contribution in [0.4, 0.5) is 0 Å². The maximum atomic E-state index is 11.9. The molecule has 3 N–H and O–H groups in total. The van der Waals surface area contributed by atoms with Crippen LogP contribution in [0.15, 0.2) is 0 Å². The molecule has 90 valence electrons. The van der Waals surface area contributed by atoms with Crippen molar-refractivity contribution >= 4 is 11.8 Å². The lowest BCUT2D eigenvalue weighted by Gasteiger charge is -2.31. The van der Waals surface area contributed by atoms with Crippen molar-refractivity contribution in [1.82, 2.24) is 16.0 Å². The smallest absolute Gasteiger partial charge is 0.242 e. The minimum atomic E-state index is -0.318. The van der Waals surface area contributed by atoms with Gasteiger partial charge in [0.1, 0.15) is 6.04 Å². The van der Waals surface area contributed by atoms with Crippen molar-refractivity contribution in [1.29, 1.82) is 0 Å². The van der Waals surface area contributed by atoms with Gasteiger partial charge in [-0.15, -0.1) is 0 Å². The van der Waals surface area contributed by atoms with E-state index in [0.717, 1.165) is 19.4 Å². The van der Waals surface area contributed by atoms with E-state index < -0.39 is 0 Å². The van der Waals surface area contributed by atoms with Crippen molar-refractivity contribution in [3.05, 3.63) is 0 Å². The Bertz CT molecular complexity index is 293. The van der Waals surface area contributed by atoms with Crippen LogP contribution in [-0.4, -0.2) is 36.5 Å². The van der Waals surface area contributed by atoms with E-state index in [2.05, 4.69) is 22.9 Å². The maximum absolute atomic E-state index is 11.9. The Balaban J connectivity index is 1.84. The lowest BCUT2D eigenvalue weighted by atomic mass is 9.99. The second-order valence-corrected chi connectivity index (χ2v) is 4.66. The lowest BCUT2D eigenvalue weighted by Crippen LogP contribution is -2.55. The summed E-state index contributed by atoms with van der Waals surface area (Å²) in [6.45, 7) is 3.10. The molecular weight excluding hydrogens is 206 g/mol. The molecule has 3 atom stereocenters. The number of hydrogen-bond acceptors (Lipinski definition) is 3. The Labute approximate surface area is 95.3 Å². The average molecular weight is 225 g/mol. The van der Waals surface area contributed by atoms with E-state index >= 15 is 0 Å². The summed E-state index contributed by atoms with van der Waals surface area (Å²) < 4.78 is 0. The Hall–Kier alpha value is -1.10. The number of carbonyl (C=O) groups excluding carboxylic acids is 2. The van der Waals surface area contributed by atoms with Crippen molar-refractivity contribution in [3.63, 3.8) is 0 Å². The van der Waals surface area contributed by atoms with Gasteiger partial charge in [0.2, 0.25) is 11.8 Å². The first-order valence-corrected chi connectivity index (χ1v) is 6.00. The highest BCUT2D eigenvalue weighted by Crippen LogP contribution is 2.11. The van der Waals surface area contributed by atoms with Gasteiger partial charge < -0.3 is 16.0 Å². The van der Waals surface area contributed by atoms with Crippen LogP contribution in [0.2, 0.25) is 0 Å². The molecule has 0 aliphatic carbocycles. The maximum Gasteiger partial charge on any atom is 0.242 e. The molecule has 5 nitrogen and oxygen atoms in total. The van der Waals surface area contributed by atoms with Gasteiger partial charge in [0, 0.05) is 18.5 Å². The Morgan fingerprint density at radius 3 is 2.88 bits per heavy atom. The van der Waals surface area contributed by atoms with E-state index in [-0.39, 0.29) is 23.9 Å². The molecule has 2 aliphatic heterocycles. The molecule has 0 spiro atoms. The second-order valence-electron chi connectivity index (χ2n) is 4.66. The van der Waals surface area contributed by atoms with Gasteiger partial charge in [0.15, 0.2) is 0 Å². The third-order valence-corrected chi connectivity index (χ3v) is 3.40. The van der Waals surface area contributed by atoms with Gasteiger partial charge in [0.05, 0.1) is 0 Å². The van der Waals surface area contributed by atoms with E-state index in [1.807, 2.05) is 0 Å². The monoisotopic (exact) mass is 225 g/mol. The molecule has 0 unspecified atom stereocenters. The first-order chi connectivity index (χ1) is 7.66. The zero-order valence-electron chi connectivity index (χ0n) is 9.58. The topological polar surface area (TPSA) is 70.2 Å². The highest BCUT2D eigenvalue weighted by atomic mass is 16.2. The molecule has 0 saturated carbocycles. The number of rotatable bonds is 2. The molecule has 0 bridgehead atoms. The van der Waals surface area contributed by atoms with Crippen molar-refractivity contribution in [2.24, 2.45) is 0 Å². The van der Waals surface area contributed by atoms with Gasteiger partial charge >= 0.3 is 0 Å². The molecule has 0 radical (unpaired) electrons. The number of carbonyl (C=O) groups is 2. The minimum Gasteiger partial charge on any atom is -0.350 e. The molecular formula is C11H19N3O2. The largest absolute Gasteiger partial charge is 0.350 e. The minimum absolute atomic E-state index is 0.0185. The molecule has 0 aromatic heterocycles. The van der Waals surface area contributed by atoms with Crippen LogP contribution >= 0.6 is 0 Å². The van der Waals surface area contributed by atoms with Crippen LogP contribution in [0.1, 0.15) is 32.6 Å². The summed E-state index contributed by atoms with van der Waals surface area (Å²) in [6.07, 6.45) is 3.20. The van der Waals surface area contributed by atoms with Crippen LogP contribution in [0, 0.1) is 0 Å². The fourth-order valence-electron chi connectivity index (χ4n) is 2.34. The Kier molecular flexibility index (Phi) is 3.43. The Morgan fingerprint density at radius 1 is 1.44 bits per heavy atom. The van der Waals surface area contributed by atoms with Gasteiger partial charge in [-0.05, 0) is 32.7 Å². The molecule has 2 amide bonds. The SMILES string of the molecule is C[C@@H]1NCCC[C@@H]1NC(=O)[C@@H]1CCC(=O)N1. The molecule has 16 heavy (non-hydrogen) atoms. The summed E-state index contributed by atoms with van der Waals surface area (Å²) in [4.78, 5) is 22.9. The van der Waals surface area contributed by atoms with Crippen molar-refractivity contribution < 1.29 is 9.59 Å². The van der Waals surface area contributed by atoms with Gasteiger partial charge in [-0.25, -0.2) is 0 Å². The van der Waals surface area contributed by atoms with Crippen molar-refractivity contribution in [2.45, 2.75) is 50.7 Å². The molecule has 2 saturated heterocycles. The zero-order chi connectivity index (χ0) is 11.5. The van der Waals surface area contributed by atoms with Crippen LogP contribution in [0.5, 0.6) is 0 Å². The van der Waals surface area contributed by atoms with Crippen molar-refractivity contribution in [3.8, 4) is 0 Å². The number of amides is 2. The highest BCUT2D eigenvalue weighted by Gasteiger charge is 2.30. The number of piperidine rings is 1. The summed E-state index contributed by atoms with van der Waals surface area (Å²) in [5.74, 6) is -0.0543. The number of nitrogens with one attached hydrogen (secondary N) is 3. The van der Waals surface area contributed by atoms with E-state index in [9.17, 15) is 9.59 Å². The van der Waals surface area contributed by atoms with Gasteiger partial charge in [0.25, 0.3) is 0 Å². The van der Waals surface area contributed by atoms with E-state index in [4.69, 9.17) is 0 Å². The molecule has 0 aromatic carbocycles.